The van der Waals surface area contributed by atoms with Gasteiger partial charge in [0.2, 0.25) is 0 Å². The second kappa shape index (κ2) is 16.6. The maximum atomic E-state index is 11.7. The van der Waals surface area contributed by atoms with E-state index in [0.717, 1.165) is 81.4 Å². The predicted molar refractivity (Wildman–Crippen MR) is 152 cm³/mol. The van der Waals surface area contributed by atoms with Gasteiger partial charge in [-0.1, -0.05) is 64.8 Å². The smallest absolute Gasteiger partial charge is 0.157 e. The number of allylic oxidation sites excluding steroid dienone is 5. The highest BCUT2D eigenvalue weighted by molar-refractivity contribution is 5.93. The van der Waals surface area contributed by atoms with Gasteiger partial charge in [-0.15, -0.1) is 0 Å². The van der Waals surface area contributed by atoms with E-state index in [0.29, 0.717) is 17.9 Å². The largest absolute Gasteiger partial charge is 0.389 e. The average molecular weight is 471 g/mol. The Morgan fingerprint density at radius 2 is 1.44 bits per heavy atom. The molecule has 0 bridgehead atoms. The zero-order chi connectivity index (χ0) is 26.3. The molecule has 0 saturated carbocycles. The van der Waals surface area contributed by atoms with Gasteiger partial charge in [-0.3, -0.25) is 4.79 Å². The van der Waals surface area contributed by atoms with E-state index in [4.69, 9.17) is 0 Å². The van der Waals surface area contributed by atoms with Crippen molar-refractivity contribution < 1.29 is 4.79 Å². The second-order valence-electron chi connectivity index (χ2n) is 11.2. The zero-order valence-electron chi connectivity index (χ0n) is 23.5. The van der Waals surface area contributed by atoms with Crippen molar-refractivity contribution in [1.82, 2.24) is 10.2 Å². The number of carbonyl (C=O) groups excluding carboxylic acids is 1. The first-order valence-electron chi connectivity index (χ1n) is 13.1. The van der Waals surface area contributed by atoms with E-state index < -0.39 is 0 Å². The van der Waals surface area contributed by atoms with Crippen LogP contribution in [0.2, 0.25) is 0 Å². The predicted octanol–water partition coefficient (Wildman–Crippen LogP) is 8.38. The molecule has 0 radical (unpaired) electrons. The molecule has 0 rings (SSSR count). The summed E-state index contributed by atoms with van der Waals surface area (Å²) in [4.78, 5) is 13.9. The van der Waals surface area contributed by atoms with Crippen molar-refractivity contribution in [1.29, 1.82) is 0 Å². The lowest BCUT2D eigenvalue weighted by atomic mass is 9.80. The molecule has 1 atom stereocenters. The number of hydrogen-bond donors (Lipinski definition) is 1. The highest BCUT2D eigenvalue weighted by atomic mass is 16.1. The van der Waals surface area contributed by atoms with Gasteiger partial charge in [0.15, 0.2) is 5.78 Å². The molecule has 0 aromatic carbocycles. The summed E-state index contributed by atoms with van der Waals surface area (Å²) >= 11 is 0. The minimum Gasteiger partial charge on any atom is -0.389 e. The van der Waals surface area contributed by atoms with E-state index in [1.165, 1.54) is 12.0 Å². The molecule has 0 heterocycles. The Morgan fingerprint density at radius 3 is 2.03 bits per heavy atom. The second-order valence-corrected chi connectivity index (χ2v) is 11.2. The maximum absolute atomic E-state index is 11.7. The van der Waals surface area contributed by atoms with Gasteiger partial charge >= 0.3 is 0 Å². The molecule has 3 nitrogen and oxygen atoms in total. The lowest BCUT2D eigenvalue weighted by Gasteiger charge is -2.32. The number of carbonyl (C=O) groups is 1. The Bertz CT molecular complexity index is 713. The van der Waals surface area contributed by atoms with Gasteiger partial charge in [-0.2, -0.15) is 0 Å². The monoisotopic (exact) mass is 470 g/mol. The average Bonchev–Trinajstić information content (AvgIpc) is 2.75. The summed E-state index contributed by atoms with van der Waals surface area (Å²) in [6, 6.07) is 0. The summed E-state index contributed by atoms with van der Waals surface area (Å²) < 4.78 is 0. The first kappa shape index (κ1) is 32.0. The molecule has 194 valence electrons. The number of nitrogens with zero attached hydrogens (tertiary/aromatic N) is 1. The third-order valence-electron chi connectivity index (χ3n) is 6.67. The molecule has 0 amide bonds. The molecule has 0 aliphatic heterocycles. The number of Topliss-reactive ketones (excluding diaryl/α,β-unsaturated/α-hetero) is 1. The Labute approximate surface area is 212 Å². The number of unbranched alkanes of at least 4 members (excludes halogenated alkanes) is 2. The highest BCUT2D eigenvalue weighted by Crippen LogP contribution is 2.30. The van der Waals surface area contributed by atoms with E-state index in [9.17, 15) is 4.79 Å². The van der Waals surface area contributed by atoms with Crippen LogP contribution in [-0.2, 0) is 4.79 Å². The van der Waals surface area contributed by atoms with Crippen LogP contribution in [0.4, 0.5) is 0 Å². The van der Waals surface area contributed by atoms with E-state index in [1.54, 1.807) is 6.92 Å². The van der Waals surface area contributed by atoms with Gasteiger partial charge in [0.25, 0.3) is 0 Å². The number of hydrogen-bond acceptors (Lipinski definition) is 3. The SMILES string of the molecule is C=C(CCCCC(=C)C(=C)C)NCC(C)CC(C)(C)CCN(C)C(=C)CCCCC(=O)C(=C)C. The molecular weight excluding hydrogens is 416 g/mol. The van der Waals surface area contributed by atoms with Crippen molar-refractivity contribution in [2.45, 2.75) is 98.8 Å². The van der Waals surface area contributed by atoms with Gasteiger partial charge in [-0.05, 0) is 88.5 Å². The molecule has 1 unspecified atom stereocenters. The van der Waals surface area contributed by atoms with Gasteiger partial charge in [0.1, 0.15) is 0 Å². The molecule has 1 N–H and O–H groups in total. The van der Waals surface area contributed by atoms with E-state index in [-0.39, 0.29) is 11.2 Å². The van der Waals surface area contributed by atoms with Crippen molar-refractivity contribution in [3.63, 3.8) is 0 Å². The van der Waals surface area contributed by atoms with E-state index in [1.807, 2.05) is 6.92 Å². The summed E-state index contributed by atoms with van der Waals surface area (Å²) in [5.41, 5.74) is 5.50. The number of nitrogens with one attached hydrogen (secondary N) is 1. The molecule has 0 spiro atoms. The summed E-state index contributed by atoms with van der Waals surface area (Å²) in [7, 11) is 2.14. The topological polar surface area (TPSA) is 32.3 Å². The van der Waals surface area contributed by atoms with Crippen LogP contribution in [0.15, 0.2) is 61.0 Å². The third kappa shape index (κ3) is 15.7. The molecule has 0 saturated heterocycles. The number of ketones is 1. The maximum Gasteiger partial charge on any atom is 0.157 e. The molecule has 0 fully saturated rings. The fourth-order valence-corrected chi connectivity index (χ4v) is 4.06. The molecule has 0 aromatic heterocycles. The van der Waals surface area contributed by atoms with Crippen LogP contribution >= 0.6 is 0 Å². The van der Waals surface area contributed by atoms with Crippen molar-refractivity contribution in [3.05, 3.63) is 61.0 Å². The lowest BCUT2D eigenvalue weighted by Crippen LogP contribution is -2.28. The summed E-state index contributed by atoms with van der Waals surface area (Å²) in [6.45, 7) is 33.1. The fraction of sp³-hybridized carbons (Fsp3) is 0.645. The lowest BCUT2D eigenvalue weighted by molar-refractivity contribution is -0.115. The first-order chi connectivity index (χ1) is 15.7. The van der Waals surface area contributed by atoms with E-state index >= 15 is 0 Å². The Balaban J connectivity index is 4.12. The quantitative estimate of drug-likeness (QED) is 0.104. The molecule has 0 aliphatic carbocycles. The van der Waals surface area contributed by atoms with Crippen LogP contribution in [-0.4, -0.2) is 30.8 Å². The first-order valence-corrected chi connectivity index (χ1v) is 13.1. The standard InChI is InChI=1S/C31H54N2O/c1-24(2)27(6)16-12-13-17-28(7)32-23-26(5)22-31(9,10)20-21-33(11)29(8)18-14-15-19-30(34)25(3)4/h26,32H,1,3,6-8,12-23H2,2,4-5,9-11H3. The fourth-order valence-electron chi connectivity index (χ4n) is 4.06. The third-order valence-corrected chi connectivity index (χ3v) is 6.67. The van der Waals surface area contributed by atoms with Crippen LogP contribution < -0.4 is 5.32 Å². The minimum absolute atomic E-state index is 0.178. The molecule has 3 heteroatoms. The summed E-state index contributed by atoms with van der Waals surface area (Å²) in [5, 5.41) is 3.55. The van der Waals surface area contributed by atoms with Gasteiger partial charge in [0.05, 0.1) is 0 Å². The summed E-state index contributed by atoms with van der Waals surface area (Å²) in [6.07, 6.45) is 10.1. The Hall–Kier alpha value is -2.03. The van der Waals surface area contributed by atoms with Crippen molar-refractivity contribution in [2.24, 2.45) is 11.3 Å². The summed E-state index contributed by atoms with van der Waals surface area (Å²) in [5.74, 6) is 0.770. The van der Waals surface area contributed by atoms with Crippen LogP contribution in [0, 0.1) is 11.3 Å². The molecule has 0 aliphatic rings. The zero-order valence-corrected chi connectivity index (χ0v) is 23.5. The highest BCUT2D eigenvalue weighted by Gasteiger charge is 2.22. The van der Waals surface area contributed by atoms with Crippen LogP contribution in [0.1, 0.15) is 98.8 Å². The Morgan fingerprint density at radius 1 is 0.882 bits per heavy atom. The number of rotatable bonds is 21. The van der Waals surface area contributed by atoms with Crippen molar-refractivity contribution >= 4 is 5.78 Å². The molecule has 34 heavy (non-hydrogen) atoms. The van der Waals surface area contributed by atoms with Gasteiger partial charge in [-0.25, -0.2) is 0 Å². The van der Waals surface area contributed by atoms with Gasteiger partial charge < -0.3 is 10.2 Å². The minimum atomic E-state index is 0.178. The van der Waals surface area contributed by atoms with Crippen LogP contribution in [0.25, 0.3) is 0 Å². The van der Waals surface area contributed by atoms with E-state index in [2.05, 4.69) is 70.9 Å². The van der Waals surface area contributed by atoms with Crippen LogP contribution in [0.3, 0.4) is 0 Å². The Kier molecular flexibility index (Phi) is 15.6. The van der Waals surface area contributed by atoms with Gasteiger partial charge in [0, 0.05) is 38.0 Å². The normalized spacial score (nSPS) is 12.1. The van der Waals surface area contributed by atoms with Crippen molar-refractivity contribution in [2.75, 3.05) is 20.1 Å². The van der Waals surface area contributed by atoms with Crippen LogP contribution in [0.5, 0.6) is 0 Å². The van der Waals surface area contributed by atoms with Crippen molar-refractivity contribution in [3.8, 4) is 0 Å². The molecule has 0 aromatic rings. The molecular formula is C31H54N2O.